The van der Waals surface area contributed by atoms with Gasteiger partial charge in [0.15, 0.2) is 18.7 Å². The summed E-state index contributed by atoms with van der Waals surface area (Å²) in [4.78, 5) is 68.9. The van der Waals surface area contributed by atoms with E-state index in [1.165, 1.54) is 34.3 Å². The van der Waals surface area contributed by atoms with Crippen LogP contribution < -0.4 is 16.1 Å². The lowest BCUT2D eigenvalue weighted by molar-refractivity contribution is -0.319. The molecule has 1 aromatic heterocycles. The van der Waals surface area contributed by atoms with Crippen molar-refractivity contribution in [2.75, 3.05) is 73.1 Å². The number of nitrogens with one attached hydrogen (secondary N) is 2. The first-order chi connectivity index (χ1) is 38.5. The normalized spacial score (nSPS) is 36.2. The molecule has 0 spiro atoms. The Morgan fingerprint density at radius 1 is 0.866 bits per heavy atom. The minimum absolute atomic E-state index is 0.00124. The molecule has 3 saturated heterocycles. The number of pyridine rings is 1. The van der Waals surface area contributed by atoms with E-state index in [4.69, 9.17) is 59.0 Å². The number of fused-ring (bicyclic) bond motifs is 1. The number of methoxy groups -OCH3 is 2. The van der Waals surface area contributed by atoms with Gasteiger partial charge in [-0.2, -0.15) is 0 Å². The number of halogens is 1. The number of amides is 1. The van der Waals surface area contributed by atoms with Crippen LogP contribution in [0.25, 0.3) is 10.9 Å². The average molecular weight is 1180 g/mol. The molecule has 6 rings (SSSR count). The molecule has 1 aliphatic carbocycles. The third-order valence-corrected chi connectivity index (χ3v) is 17.5. The quantitative estimate of drug-likeness (QED) is 0.0681. The Bertz CT molecular complexity index is 2570. The lowest BCUT2D eigenvalue weighted by Gasteiger charge is -2.50. The van der Waals surface area contributed by atoms with Crippen LogP contribution in [0, 0.1) is 23.7 Å². The highest BCUT2D eigenvalue weighted by Crippen LogP contribution is 2.43. The Hall–Kier alpha value is -4.08. The number of nitrogens with zero attached hydrogens (tertiary/aromatic N) is 2. The summed E-state index contributed by atoms with van der Waals surface area (Å²) in [5.74, 6) is -6.19. The average Bonchev–Trinajstić information content (AvgIpc) is 2.67. The number of esters is 1. The molecule has 4 heterocycles. The molecule has 1 saturated carbocycles. The van der Waals surface area contributed by atoms with Gasteiger partial charge in [0.25, 0.3) is 0 Å². The van der Waals surface area contributed by atoms with Crippen molar-refractivity contribution in [3.8, 4) is 0 Å². The maximum atomic E-state index is 14.6. The number of aliphatic hydroxyl groups excluding tert-OH is 2. The summed E-state index contributed by atoms with van der Waals surface area (Å²) >= 11 is 6.57. The molecule has 0 unspecified atom stereocenters. The molecule has 0 bridgehead atoms. The van der Waals surface area contributed by atoms with Gasteiger partial charge in [0.2, 0.25) is 5.43 Å². The van der Waals surface area contributed by atoms with Gasteiger partial charge in [-0.05, 0) is 99.9 Å². The molecule has 2 aromatic rings. The molecule has 4 aliphatic rings. The van der Waals surface area contributed by atoms with Gasteiger partial charge in [0, 0.05) is 75.2 Å². The monoisotopic (exact) mass is 1180 g/mol. The molecule has 24 heteroatoms. The molecule has 464 valence electrons. The maximum absolute atomic E-state index is 14.6. The van der Waals surface area contributed by atoms with E-state index in [-0.39, 0.29) is 87.2 Å². The number of rotatable bonds is 21. The number of anilines is 1. The standard InChI is InChI=1S/C58H91ClN4O19/c1-15-43-58(10,72)49(67)32(4)45(64)30(2)27-56(8,73-13)50(81-54-47(66)42(62(11)12)24-31(3)77-54)33(5)48(34(6)53(70)79-43)80-44-28-57(9,74-14)51(35(7)78-44)82-55(71)61-19-21-76-23-22-75-20-18-60-40-25-37-41(26-39(40)59)63(36-16-17-36)29-38(46(37)65)52(68)69/h25-26,29-36,42-44,47-51,54,60,66-67,72H,15-24,27-28H2,1-14H3,(H,61,71)(H,68,69)/t30-,31+,32+,33+,34-,35+,42-,43-,44+,47+,48+,49-,50-,51+,54-,56-,57-,58-/m1/s1. The lowest BCUT2D eigenvalue weighted by atomic mass is 9.74. The second-order valence-corrected chi connectivity index (χ2v) is 24.2. The number of likely N-dealkylation sites (N-methyl/N-ethyl adjacent to an activating group) is 1. The summed E-state index contributed by atoms with van der Waals surface area (Å²) in [6.45, 7) is 18.1. The first-order valence-electron chi connectivity index (χ1n) is 28.7. The van der Waals surface area contributed by atoms with Crippen molar-refractivity contribution in [2.45, 2.75) is 198 Å². The van der Waals surface area contributed by atoms with E-state index < -0.39 is 119 Å². The number of cyclic esters (lactones) is 1. The molecular weight excluding hydrogens is 1090 g/mol. The predicted molar refractivity (Wildman–Crippen MR) is 302 cm³/mol. The highest BCUT2D eigenvalue weighted by atomic mass is 35.5. The van der Waals surface area contributed by atoms with E-state index in [9.17, 15) is 44.4 Å². The highest BCUT2D eigenvalue weighted by molar-refractivity contribution is 6.34. The SMILES string of the molecule is CC[C@H]1OC(=O)[C@H](C)[C@@H](O[C@H]2C[C@@](C)(OC)[C@@H](OC(=O)NCCOCCOCCNc3cc4c(=O)c(C(=O)O)cn(C5CC5)c4cc3Cl)[C@H](C)O2)[C@H](C)[C@@H](O[C@H]2O[C@@H](C)C[C@@H](N(C)C)[C@@H]2O)[C@](C)(OC)C[C@@H](C)C(=O)[C@H](C)[C@@H](O)[C@]1(C)O. The minimum Gasteiger partial charge on any atom is -0.477 e. The Kier molecular flexibility index (Phi) is 23.2. The third-order valence-electron chi connectivity index (χ3n) is 17.2. The van der Waals surface area contributed by atoms with E-state index in [1.807, 2.05) is 37.4 Å². The zero-order valence-corrected chi connectivity index (χ0v) is 50.9. The number of aliphatic hydroxyl groups is 3. The van der Waals surface area contributed by atoms with Crippen molar-refractivity contribution in [1.29, 1.82) is 0 Å². The number of ether oxygens (including phenoxy) is 10. The van der Waals surface area contributed by atoms with Gasteiger partial charge in [-0.25, -0.2) is 9.59 Å². The fourth-order valence-corrected chi connectivity index (χ4v) is 12.3. The molecule has 23 nitrogen and oxygen atoms in total. The number of aromatic nitrogens is 1. The lowest BCUT2D eigenvalue weighted by Crippen LogP contribution is -2.62. The minimum atomic E-state index is -2.04. The van der Waals surface area contributed by atoms with Gasteiger partial charge in [0.1, 0.15) is 34.8 Å². The molecule has 6 N–H and O–H groups in total. The van der Waals surface area contributed by atoms with Crippen molar-refractivity contribution in [3.05, 3.63) is 39.1 Å². The highest BCUT2D eigenvalue weighted by Gasteiger charge is 2.55. The van der Waals surface area contributed by atoms with Crippen LogP contribution >= 0.6 is 11.6 Å². The zero-order chi connectivity index (χ0) is 60.8. The van der Waals surface area contributed by atoms with Gasteiger partial charge < -0.3 is 87.9 Å². The van der Waals surface area contributed by atoms with E-state index >= 15 is 0 Å². The predicted octanol–water partition coefficient (Wildman–Crippen LogP) is 5.32. The number of carbonyl (C=O) groups is 4. The van der Waals surface area contributed by atoms with Gasteiger partial charge in [0.05, 0.1) is 84.7 Å². The summed E-state index contributed by atoms with van der Waals surface area (Å²) in [5, 5.41) is 51.4. The van der Waals surface area contributed by atoms with Crippen LogP contribution in [0.5, 0.6) is 0 Å². The van der Waals surface area contributed by atoms with Gasteiger partial charge in [-0.15, -0.1) is 0 Å². The van der Waals surface area contributed by atoms with Gasteiger partial charge in [-0.3, -0.25) is 14.4 Å². The number of hydrogen-bond donors (Lipinski definition) is 6. The first-order valence-corrected chi connectivity index (χ1v) is 29.1. The number of ketones is 1. The van der Waals surface area contributed by atoms with Crippen molar-refractivity contribution in [3.63, 3.8) is 0 Å². The molecule has 4 fully saturated rings. The van der Waals surface area contributed by atoms with Crippen LogP contribution in [0.4, 0.5) is 10.5 Å². The number of benzene rings is 1. The van der Waals surface area contributed by atoms with E-state index in [0.717, 1.165) is 12.8 Å². The van der Waals surface area contributed by atoms with Crippen LogP contribution in [-0.4, -0.2) is 206 Å². The molecule has 1 aromatic carbocycles. The van der Waals surface area contributed by atoms with Gasteiger partial charge >= 0.3 is 18.0 Å². The van der Waals surface area contributed by atoms with Gasteiger partial charge in [-0.1, -0.05) is 39.3 Å². The molecule has 0 radical (unpaired) electrons. The van der Waals surface area contributed by atoms with Crippen molar-refractivity contribution < 1.29 is 87.0 Å². The number of alkyl carbamates (subject to hydrolysis) is 1. The maximum Gasteiger partial charge on any atom is 0.407 e. The fraction of sp³-hybridized carbons (Fsp3) is 0.776. The third kappa shape index (κ3) is 15.5. The van der Waals surface area contributed by atoms with Crippen molar-refractivity contribution >= 4 is 52.0 Å². The zero-order valence-electron chi connectivity index (χ0n) is 50.1. The first kappa shape index (κ1) is 67.1. The smallest absolute Gasteiger partial charge is 0.407 e. The summed E-state index contributed by atoms with van der Waals surface area (Å²) < 4.78 is 64.2. The summed E-state index contributed by atoms with van der Waals surface area (Å²) in [5.41, 5.74) is -4.41. The Balaban J connectivity index is 1.09. The van der Waals surface area contributed by atoms with E-state index in [0.29, 0.717) is 29.2 Å². The molecular formula is C58H91ClN4O19. The second-order valence-electron chi connectivity index (χ2n) is 23.8. The molecule has 82 heavy (non-hydrogen) atoms. The molecule has 3 aliphatic heterocycles. The van der Waals surface area contributed by atoms with Crippen molar-refractivity contribution in [1.82, 2.24) is 14.8 Å². The Morgan fingerprint density at radius 3 is 2.10 bits per heavy atom. The number of carboxylic acid groups (broad SMARTS) is 1. The van der Waals surface area contributed by atoms with Crippen LogP contribution in [0.3, 0.4) is 0 Å². The molecule has 1 amide bonds. The number of Topliss-reactive ketones (excluding diaryl/α,β-unsaturated/α-hetero) is 1. The summed E-state index contributed by atoms with van der Waals surface area (Å²) in [6, 6.07) is 3.03. The number of aromatic carboxylic acids is 1. The Morgan fingerprint density at radius 2 is 1.50 bits per heavy atom. The fourth-order valence-electron chi connectivity index (χ4n) is 12.1. The molecule has 18 atom stereocenters. The number of hydrogen-bond acceptors (Lipinski definition) is 20. The van der Waals surface area contributed by atoms with E-state index in [1.54, 1.807) is 53.7 Å². The summed E-state index contributed by atoms with van der Waals surface area (Å²) in [7, 11) is 6.68. The van der Waals surface area contributed by atoms with Crippen LogP contribution in [-0.2, 0) is 57.0 Å². The van der Waals surface area contributed by atoms with Crippen LogP contribution in [0.15, 0.2) is 23.1 Å². The number of carboxylic acids is 1. The topological polar surface area (TPSA) is 291 Å². The van der Waals surface area contributed by atoms with Crippen LogP contribution in [0.1, 0.15) is 124 Å². The largest absolute Gasteiger partial charge is 0.477 e. The van der Waals surface area contributed by atoms with Crippen LogP contribution in [0.2, 0.25) is 5.02 Å². The second kappa shape index (κ2) is 28.4. The Labute approximate surface area is 486 Å². The summed E-state index contributed by atoms with van der Waals surface area (Å²) in [6.07, 6.45) is -7.46. The van der Waals surface area contributed by atoms with Crippen molar-refractivity contribution in [2.24, 2.45) is 23.7 Å². The van der Waals surface area contributed by atoms with E-state index in [2.05, 4.69) is 10.6 Å². The number of carbonyl (C=O) groups excluding carboxylic acids is 3.